The highest BCUT2D eigenvalue weighted by Gasteiger charge is 2.09. The van der Waals surface area contributed by atoms with E-state index in [4.69, 9.17) is 5.73 Å². The Hall–Kier alpha value is -2.96. The number of nitrogens with one attached hydrogen (secondary N) is 1. The standard InChI is InChI=1S/C21H20N4OS/c1-15-7-8-16(10-20(15)21(11-22)25-24-14-26)17-9-19(13-23-12-17)27-18-5-3-2-4-6-18/h2-10,12-14H,11,22H2,1H3,(H,24,26)/b25-21-. The molecule has 0 aliphatic heterocycles. The molecule has 3 rings (SSSR count). The van der Waals surface area contributed by atoms with Crippen LogP contribution >= 0.6 is 11.8 Å². The molecule has 2 aromatic carbocycles. The molecule has 0 fully saturated rings. The molecule has 6 heteroatoms. The quantitative estimate of drug-likeness (QED) is 0.375. The SMILES string of the molecule is Cc1ccc(-c2cncc(Sc3ccccc3)c2)cc1/C(CN)=N\NC=O. The van der Waals surface area contributed by atoms with Crippen LogP contribution < -0.4 is 11.2 Å². The molecule has 0 saturated carbocycles. The third-order valence-corrected chi connectivity index (χ3v) is 4.99. The van der Waals surface area contributed by atoms with Crippen molar-refractivity contribution in [1.29, 1.82) is 0 Å². The lowest BCUT2D eigenvalue weighted by molar-refractivity contribution is -0.109. The predicted molar refractivity (Wildman–Crippen MR) is 110 cm³/mol. The lowest BCUT2D eigenvalue weighted by Gasteiger charge is -2.11. The highest BCUT2D eigenvalue weighted by atomic mass is 32.2. The van der Waals surface area contributed by atoms with E-state index in [1.165, 1.54) is 4.90 Å². The van der Waals surface area contributed by atoms with Crippen LogP contribution in [0.1, 0.15) is 11.1 Å². The molecule has 1 heterocycles. The van der Waals surface area contributed by atoms with Gasteiger partial charge in [-0.1, -0.05) is 42.1 Å². The monoisotopic (exact) mass is 376 g/mol. The number of rotatable bonds is 7. The van der Waals surface area contributed by atoms with Crippen molar-refractivity contribution in [3.8, 4) is 11.1 Å². The van der Waals surface area contributed by atoms with Crippen molar-refractivity contribution >= 4 is 23.9 Å². The normalized spacial score (nSPS) is 11.3. The van der Waals surface area contributed by atoms with E-state index in [0.29, 0.717) is 12.1 Å². The summed E-state index contributed by atoms with van der Waals surface area (Å²) in [7, 11) is 0. The van der Waals surface area contributed by atoms with Gasteiger partial charge in [0.05, 0.1) is 5.71 Å². The van der Waals surface area contributed by atoms with Crippen LogP contribution in [0.15, 0.2) is 81.9 Å². The molecule has 27 heavy (non-hydrogen) atoms. The summed E-state index contributed by atoms with van der Waals surface area (Å²) in [5, 5.41) is 4.05. The van der Waals surface area contributed by atoms with Crippen LogP contribution in [0.3, 0.4) is 0 Å². The first-order chi connectivity index (χ1) is 13.2. The topological polar surface area (TPSA) is 80.4 Å². The van der Waals surface area contributed by atoms with Gasteiger partial charge in [0.15, 0.2) is 0 Å². The summed E-state index contributed by atoms with van der Waals surface area (Å²) in [6.45, 7) is 2.22. The number of hydrogen-bond donors (Lipinski definition) is 2. The minimum atomic E-state index is 0.229. The van der Waals surface area contributed by atoms with Gasteiger partial charge in [-0.2, -0.15) is 5.10 Å². The van der Waals surface area contributed by atoms with E-state index in [2.05, 4.69) is 33.7 Å². The van der Waals surface area contributed by atoms with Gasteiger partial charge < -0.3 is 5.73 Å². The van der Waals surface area contributed by atoms with E-state index in [1.807, 2.05) is 55.7 Å². The Morgan fingerprint density at radius 3 is 2.67 bits per heavy atom. The van der Waals surface area contributed by atoms with Crippen LogP contribution in [0, 0.1) is 6.92 Å². The maximum atomic E-state index is 10.5. The summed E-state index contributed by atoms with van der Waals surface area (Å²) in [6, 6.07) is 18.4. The van der Waals surface area contributed by atoms with E-state index < -0.39 is 0 Å². The number of carbonyl (C=O) groups is 1. The molecule has 136 valence electrons. The number of hydrazone groups is 1. The number of amides is 1. The summed E-state index contributed by atoms with van der Waals surface area (Å²) < 4.78 is 0. The minimum absolute atomic E-state index is 0.229. The zero-order valence-electron chi connectivity index (χ0n) is 14.9. The molecule has 0 saturated heterocycles. The van der Waals surface area contributed by atoms with Gasteiger partial charge in [-0.25, -0.2) is 5.43 Å². The van der Waals surface area contributed by atoms with Crippen molar-refractivity contribution in [2.24, 2.45) is 10.8 Å². The number of hydrogen-bond acceptors (Lipinski definition) is 5. The molecule has 1 amide bonds. The number of pyridine rings is 1. The summed E-state index contributed by atoms with van der Waals surface area (Å²) >= 11 is 1.67. The molecular formula is C21H20N4OS. The minimum Gasteiger partial charge on any atom is -0.325 e. The first kappa shape index (κ1) is 18.8. The first-order valence-electron chi connectivity index (χ1n) is 8.46. The summed E-state index contributed by atoms with van der Waals surface area (Å²) in [6.07, 6.45) is 4.23. The van der Waals surface area contributed by atoms with E-state index in [0.717, 1.165) is 27.1 Å². The average Bonchev–Trinajstić information content (AvgIpc) is 2.71. The zero-order valence-corrected chi connectivity index (χ0v) is 15.7. The van der Waals surface area contributed by atoms with Crippen molar-refractivity contribution in [3.05, 3.63) is 78.1 Å². The Labute approximate surface area is 162 Å². The van der Waals surface area contributed by atoms with Crippen LogP contribution in [0.5, 0.6) is 0 Å². The van der Waals surface area contributed by atoms with E-state index >= 15 is 0 Å². The maximum Gasteiger partial charge on any atom is 0.227 e. The Bertz CT molecular complexity index is 957. The third-order valence-electron chi connectivity index (χ3n) is 4.02. The molecule has 0 radical (unpaired) electrons. The molecule has 5 nitrogen and oxygen atoms in total. The third kappa shape index (κ3) is 4.81. The second-order valence-electron chi connectivity index (χ2n) is 5.86. The van der Waals surface area contributed by atoms with Gasteiger partial charge in [-0.05, 0) is 42.3 Å². The number of benzene rings is 2. The van der Waals surface area contributed by atoms with Crippen LogP contribution in [0.25, 0.3) is 11.1 Å². The van der Waals surface area contributed by atoms with Crippen LogP contribution in [-0.4, -0.2) is 23.7 Å². The van der Waals surface area contributed by atoms with Crippen molar-refractivity contribution in [2.45, 2.75) is 16.7 Å². The highest BCUT2D eigenvalue weighted by molar-refractivity contribution is 7.99. The molecule has 3 aromatic rings. The number of carbonyl (C=O) groups excluding carboxylic acids is 1. The Morgan fingerprint density at radius 2 is 1.93 bits per heavy atom. The van der Waals surface area contributed by atoms with E-state index in [-0.39, 0.29) is 6.54 Å². The molecular weight excluding hydrogens is 356 g/mol. The van der Waals surface area contributed by atoms with Crippen molar-refractivity contribution in [1.82, 2.24) is 10.4 Å². The van der Waals surface area contributed by atoms with Gasteiger partial charge in [0.1, 0.15) is 0 Å². The van der Waals surface area contributed by atoms with E-state index in [1.54, 1.807) is 11.8 Å². The number of aryl methyl sites for hydroxylation is 1. The van der Waals surface area contributed by atoms with Gasteiger partial charge in [0, 0.05) is 39.9 Å². The van der Waals surface area contributed by atoms with Gasteiger partial charge in [-0.3, -0.25) is 9.78 Å². The van der Waals surface area contributed by atoms with Gasteiger partial charge in [-0.15, -0.1) is 0 Å². The average molecular weight is 376 g/mol. The smallest absolute Gasteiger partial charge is 0.227 e. The number of nitrogens with zero attached hydrogens (tertiary/aromatic N) is 2. The molecule has 0 atom stereocenters. The van der Waals surface area contributed by atoms with Gasteiger partial charge in [0.2, 0.25) is 6.41 Å². The Morgan fingerprint density at radius 1 is 1.11 bits per heavy atom. The van der Waals surface area contributed by atoms with Crippen LogP contribution in [-0.2, 0) is 4.79 Å². The van der Waals surface area contributed by atoms with E-state index in [9.17, 15) is 4.79 Å². The zero-order chi connectivity index (χ0) is 19.1. The van der Waals surface area contributed by atoms with Gasteiger partial charge in [0.25, 0.3) is 0 Å². The predicted octanol–water partition coefficient (Wildman–Crippen LogP) is 3.62. The Balaban J connectivity index is 1.93. The second kappa shape index (κ2) is 9.12. The van der Waals surface area contributed by atoms with Crippen molar-refractivity contribution < 1.29 is 4.79 Å². The summed E-state index contributed by atoms with van der Waals surface area (Å²) in [5.74, 6) is 0. The molecule has 0 aliphatic carbocycles. The Kier molecular flexibility index (Phi) is 6.35. The van der Waals surface area contributed by atoms with Crippen LogP contribution in [0.4, 0.5) is 0 Å². The molecule has 0 spiro atoms. The fourth-order valence-corrected chi connectivity index (χ4v) is 3.55. The summed E-state index contributed by atoms with van der Waals surface area (Å²) in [5.41, 5.74) is 12.8. The molecule has 0 aliphatic rings. The van der Waals surface area contributed by atoms with Crippen molar-refractivity contribution in [2.75, 3.05) is 6.54 Å². The highest BCUT2D eigenvalue weighted by Crippen LogP contribution is 2.30. The lowest BCUT2D eigenvalue weighted by Crippen LogP contribution is -2.20. The number of nitrogens with two attached hydrogens (primary N) is 1. The van der Waals surface area contributed by atoms with Crippen molar-refractivity contribution in [3.63, 3.8) is 0 Å². The first-order valence-corrected chi connectivity index (χ1v) is 9.28. The fraction of sp³-hybridized carbons (Fsp3) is 0.0952. The number of aromatic nitrogens is 1. The molecule has 3 N–H and O–H groups in total. The second-order valence-corrected chi connectivity index (χ2v) is 7.01. The van der Waals surface area contributed by atoms with Crippen LogP contribution in [0.2, 0.25) is 0 Å². The summed E-state index contributed by atoms with van der Waals surface area (Å²) in [4.78, 5) is 17.2. The lowest BCUT2D eigenvalue weighted by atomic mass is 9.98. The molecule has 0 bridgehead atoms. The largest absolute Gasteiger partial charge is 0.325 e. The maximum absolute atomic E-state index is 10.5. The molecule has 0 unspecified atom stereocenters. The molecule has 1 aromatic heterocycles. The fourth-order valence-electron chi connectivity index (χ4n) is 2.69. The van der Waals surface area contributed by atoms with Gasteiger partial charge >= 0.3 is 0 Å².